The van der Waals surface area contributed by atoms with Crippen molar-refractivity contribution in [1.29, 1.82) is 0 Å². The lowest BCUT2D eigenvalue weighted by molar-refractivity contribution is -0.314. The summed E-state index contributed by atoms with van der Waals surface area (Å²) in [6, 6.07) is 20.9. The van der Waals surface area contributed by atoms with E-state index >= 15 is 0 Å². The summed E-state index contributed by atoms with van der Waals surface area (Å²) in [7, 11) is 3.23. The monoisotopic (exact) mass is 690 g/mol. The Bertz CT molecular complexity index is 2040. The number of hydrogen-bond donors (Lipinski definition) is 0. The molecule has 0 aliphatic carbocycles. The number of likely N-dealkylation sites (N-methyl/N-ethyl adjacent to an activating group) is 2. The van der Waals surface area contributed by atoms with Crippen LogP contribution in [-0.4, -0.2) is 68.8 Å². The predicted molar refractivity (Wildman–Crippen MR) is 190 cm³/mol. The number of amides is 2. The Morgan fingerprint density at radius 3 is 1.84 bits per heavy atom. The molecule has 10 nitrogen and oxygen atoms in total. The number of terminal acetylenes is 2. The number of carbonyl (C=O) groups excluding carboxylic acids is 3. The first-order valence-electron chi connectivity index (χ1n) is 15.3. The van der Waals surface area contributed by atoms with Crippen LogP contribution in [0.3, 0.4) is 0 Å². The van der Waals surface area contributed by atoms with E-state index in [2.05, 4.69) is 21.8 Å². The third-order valence-electron chi connectivity index (χ3n) is 7.82. The fraction of sp³-hybridized carbons (Fsp3) is 0.216. The van der Waals surface area contributed by atoms with Crippen LogP contribution in [0.25, 0.3) is 0 Å². The van der Waals surface area contributed by atoms with Crippen LogP contribution in [0.4, 0.5) is 11.4 Å². The van der Waals surface area contributed by atoms with Gasteiger partial charge in [0.05, 0.1) is 55.5 Å². The van der Waals surface area contributed by atoms with E-state index in [4.69, 9.17) is 27.4 Å². The van der Waals surface area contributed by atoms with Crippen LogP contribution < -0.4 is 9.80 Å². The summed E-state index contributed by atoms with van der Waals surface area (Å²) >= 11 is 2.70. The van der Waals surface area contributed by atoms with Gasteiger partial charge in [-0.05, 0) is 25.0 Å². The van der Waals surface area contributed by atoms with Crippen molar-refractivity contribution in [2.75, 3.05) is 37.1 Å². The van der Waals surface area contributed by atoms with E-state index in [1.54, 1.807) is 26.2 Å². The van der Waals surface area contributed by atoms with Crippen molar-refractivity contribution < 1.29 is 28.9 Å². The molecule has 2 atom stereocenters. The predicted octanol–water partition coefficient (Wildman–Crippen LogP) is 5.07. The summed E-state index contributed by atoms with van der Waals surface area (Å²) < 4.78 is 5.50. The number of anilines is 2. The molecule has 2 aromatic heterocycles. The largest absolute Gasteiger partial charge is 0.464 e. The van der Waals surface area contributed by atoms with Crippen molar-refractivity contribution in [2.45, 2.75) is 25.1 Å². The van der Waals surface area contributed by atoms with Crippen LogP contribution in [0.5, 0.6) is 0 Å². The standard InChI is InChI=1S/C37H30N4O6S2/c1-5-25-21-27-32(48-25)29(23-15-9-7-10-16-23)38-31(35(42)40(27)3)37(44)45-19-13-14-20-46-47-34-36(43)41(4)28-22-26(6-2)49-33(28)30(39-34)24-17-11-8-12-18-24/h1-2,7-12,15-18,21-22,31,34H,13-14,19-20H2,3-4H3. The van der Waals surface area contributed by atoms with Crippen molar-refractivity contribution in [3.8, 4) is 24.7 Å². The molecule has 246 valence electrons. The van der Waals surface area contributed by atoms with E-state index < -0.39 is 30.1 Å². The number of nitrogens with zero attached hydrogens (tertiary/aromatic N) is 4. The van der Waals surface area contributed by atoms with E-state index in [0.717, 1.165) is 16.0 Å². The molecular weight excluding hydrogens is 661 g/mol. The van der Waals surface area contributed by atoms with Gasteiger partial charge in [-0.25, -0.2) is 14.7 Å². The molecule has 0 radical (unpaired) electrons. The maximum Gasteiger partial charge on any atom is 0.340 e. The topological polar surface area (TPSA) is 110 Å². The van der Waals surface area contributed by atoms with Crippen LogP contribution in [0, 0.1) is 24.7 Å². The van der Waals surface area contributed by atoms with Crippen molar-refractivity contribution in [1.82, 2.24) is 0 Å². The van der Waals surface area contributed by atoms with Gasteiger partial charge in [-0.15, -0.1) is 35.5 Å². The summed E-state index contributed by atoms with van der Waals surface area (Å²) in [6.45, 7) is 0.122. The SMILES string of the molecule is C#Cc1cc2c(s1)C(c1ccccc1)=NC(OOCCCCOC(=O)C1N=C(c3ccccc3)c3sc(C#C)cc3N(C)C1=O)C(=O)N2C. The van der Waals surface area contributed by atoms with Crippen LogP contribution in [-0.2, 0) is 28.9 Å². The number of benzene rings is 2. The number of thiophene rings is 2. The first-order chi connectivity index (χ1) is 23.8. The molecule has 0 saturated heterocycles. The van der Waals surface area contributed by atoms with Crippen LogP contribution >= 0.6 is 22.7 Å². The highest BCUT2D eigenvalue weighted by atomic mass is 32.1. The Morgan fingerprint density at radius 1 is 0.776 bits per heavy atom. The summed E-state index contributed by atoms with van der Waals surface area (Å²) in [4.78, 5) is 65.7. The molecule has 2 amide bonds. The van der Waals surface area contributed by atoms with E-state index in [1.807, 2.05) is 60.7 Å². The number of rotatable bonds is 10. The maximum atomic E-state index is 13.4. The van der Waals surface area contributed by atoms with Gasteiger partial charge in [0.2, 0.25) is 6.04 Å². The second kappa shape index (κ2) is 14.8. The quantitative estimate of drug-likeness (QED) is 0.0575. The average molecular weight is 691 g/mol. The fourth-order valence-corrected chi connectivity index (χ4v) is 7.28. The molecule has 6 rings (SSSR count). The third kappa shape index (κ3) is 6.95. The Morgan fingerprint density at radius 2 is 1.29 bits per heavy atom. The highest BCUT2D eigenvalue weighted by Gasteiger charge is 2.37. The van der Waals surface area contributed by atoms with Gasteiger partial charge >= 0.3 is 5.97 Å². The zero-order valence-corrected chi connectivity index (χ0v) is 28.3. The molecule has 49 heavy (non-hydrogen) atoms. The van der Waals surface area contributed by atoms with Gasteiger partial charge in [0.15, 0.2) is 0 Å². The lowest BCUT2D eigenvalue weighted by Gasteiger charge is -2.18. The first kappa shape index (κ1) is 33.5. The molecule has 0 saturated carbocycles. The van der Waals surface area contributed by atoms with Crippen molar-refractivity contribution in [2.24, 2.45) is 9.98 Å². The number of fused-ring (bicyclic) bond motifs is 2. The number of carbonyl (C=O) groups is 3. The minimum atomic E-state index is -1.39. The normalized spacial score (nSPS) is 17.1. The lowest BCUT2D eigenvalue weighted by atomic mass is 10.1. The number of hydrogen-bond acceptors (Lipinski definition) is 10. The molecule has 0 fully saturated rings. The van der Waals surface area contributed by atoms with Crippen LogP contribution in [0.15, 0.2) is 82.8 Å². The molecule has 0 spiro atoms. The van der Waals surface area contributed by atoms with E-state index in [-0.39, 0.29) is 13.2 Å². The third-order valence-corrected chi connectivity index (χ3v) is 9.94. The highest BCUT2D eigenvalue weighted by Crippen LogP contribution is 2.36. The maximum absolute atomic E-state index is 13.4. The van der Waals surface area contributed by atoms with Gasteiger partial charge in [0.25, 0.3) is 18.0 Å². The van der Waals surface area contributed by atoms with E-state index in [1.165, 1.54) is 32.5 Å². The van der Waals surface area contributed by atoms with Crippen molar-refractivity contribution in [3.63, 3.8) is 0 Å². The second-order valence-corrected chi connectivity index (χ2v) is 13.1. The van der Waals surface area contributed by atoms with E-state index in [0.29, 0.717) is 50.3 Å². The Balaban J connectivity index is 1.07. The molecular formula is C37H30N4O6S2. The highest BCUT2D eigenvalue weighted by molar-refractivity contribution is 7.16. The van der Waals surface area contributed by atoms with Gasteiger partial charge in [-0.3, -0.25) is 14.6 Å². The van der Waals surface area contributed by atoms with E-state index in [9.17, 15) is 14.4 Å². The molecule has 4 aromatic rings. The Hall–Kier alpha value is -5.37. The average Bonchev–Trinajstić information content (AvgIpc) is 3.73. The molecule has 4 heterocycles. The second-order valence-electron chi connectivity index (χ2n) is 11.0. The smallest absolute Gasteiger partial charge is 0.340 e. The minimum absolute atomic E-state index is 0.0219. The molecule has 12 heteroatoms. The Labute approximate surface area is 291 Å². The van der Waals surface area contributed by atoms with Gasteiger partial charge < -0.3 is 14.5 Å². The number of ether oxygens (including phenoxy) is 1. The summed E-state index contributed by atoms with van der Waals surface area (Å²) in [5, 5.41) is 0. The fourth-order valence-electron chi connectivity index (χ4n) is 5.25. The summed E-state index contributed by atoms with van der Waals surface area (Å²) in [6.07, 6.45) is 10.9. The first-order valence-corrected chi connectivity index (χ1v) is 16.9. The van der Waals surface area contributed by atoms with Gasteiger partial charge in [0.1, 0.15) is 0 Å². The number of esters is 1. The Kier molecular flexibility index (Phi) is 10.1. The lowest BCUT2D eigenvalue weighted by Crippen LogP contribution is -2.40. The van der Waals surface area contributed by atoms with Gasteiger partial charge in [-0.1, -0.05) is 72.5 Å². The van der Waals surface area contributed by atoms with Gasteiger partial charge in [0, 0.05) is 25.2 Å². The van der Waals surface area contributed by atoms with Crippen LogP contribution in [0.1, 0.15) is 43.5 Å². The van der Waals surface area contributed by atoms with Crippen LogP contribution in [0.2, 0.25) is 0 Å². The molecule has 2 aliphatic rings. The zero-order valence-electron chi connectivity index (χ0n) is 26.6. The van der Waals surface area contributed by atoms with Crippen molar-refractivity contribution >= 4 is 63.3 Å². The van der Waals surface area contributed by atoms with Gasteiger partial charge in [-0.2, -0.15) is 4.89 Å². The van der Waals surface area contributed by atoms with Crippen molar-refractivity contribution in [3.05, 3.63) is 103 Å². The molecule has 0 bridgehead atoms. The number of unbranched alkanes of at least 4 members (excludes halogenated alkanes) is 1. The molecule has 2 unspecified atom stereocenters. The zero-order chi connectivity index (χ0) is 34.5. The summed E-state index contributed by atoms with van der Waals surface area (Å²) in [5.74, 6) is 3.56. The molecule has 2 aromatic carbocycles. The number of aliphatic imine (C=N–C) groups is 2. The minimum Gasteiger partial charge on any atom is -0.464 e. The molecule has 0 N–H and O–H groups in total. The molecule has 2 aliphatic heterocycles. The summed E-state index contributed by atoms with van der Waals surface area (Å²) in [5.41, 5.74) is 3.85.